The van der Waals surface area contributed by atoms with E-state index in [9.17, 15) is 13.6 Å². The molecule has 4 rings (SSSR count). The first kappa shape index (κ1) is 14.4. The van der Waals surface area contributed by atoms with Gasteiger partial charge in [-0.1, -0.05) is 0 Å². The number of rotatable bonds is 3. The van der Waals surface area contributed by atoms with Crippen LogP contribution in [-0.2, 0) is 23.3 Å². The van der Waals surface area contributed by atoms with Crippen molar-refractivity contribution < 1.29 is 13.6 Å². The Morgan fingerprint density at radius 2 is 2.13 bits per heavy atom. The lowest BCUT2D eigenvalue weighted by atomic mass is 9.94. The van der Waals surface area contributed by atoms with Gasteiger partial charge in [0.2, 0.25) is 5.91 Å². The first-order chi connectivity index (χ1) is 11.1. The van der Waals surface area contributed by atoms with Gasteiger partial charge >= 0.3 is 0 Å². The summed E-state index contributed by atoms with van der Waals surface area (Å²) in [4.78, 5) is 12.6. The number of aromatic nitrogens is 2. The zero-order valence-electron chi connectivity index (χ0n) is 12.6. The van der Waals surface area contributed by atoms with E-state index < -0.39 is 17.2 Å². The Morgan fingerprint density at radius 1 is 1.30 bits per heavy atom. The van der Waals surface area contributed by atoms with Crippen molar-refractivity contribution in [3.05, 3.63) is 53.4 Å². The molecule has 120 valence electrons. The summed E-state index contributed by atoms with van der Waals surface area (Å²) >= 11 is 0. The van der Waals surface area contributed by atoms with Gasteiger partial charge in [0.1, 0.15) is 11.6 Å². The highest BCUT2D eigenvalue weighted by molar-refractivity contribution is 5.80. The summed E-state index contributed by atoms with van der Waals surface area (Å²) in [5.41, 5.74) is 0.561. The van der Waals surface area contributed by atoms with Gasteiger partial charge in [0.05, 0.1) is 5.54 Å². The Bertz CT molecular complexity index is 767. The van der Waals surface area contributed by atoms with Gasteiger partial charge in [-0.2, -0.15) is 5.10 Å². The molecule has 1 atom stereocenters. The summed E-state index contributed by atoms with van der Waals surface area (Å²) in [6.07, 6.45) is 4.36. The van der Waals surface area contributed by atoms with Crippen molar-refractivity contribution in [2.45, 2.75) is 37.8 Å². The molecule has 1 N–H and O–H groups in total. The van der Waals surface area contributed by atoms with E-state index in [0.29, 0.717) is 32.2 Å². The van der Waals surface area contributed by atoms with E-state index >= 15 is 0 Å². The predicted molar refractivity (Wildman–Crippen MR) is 79.5 cm³/mol. The summed E-state index contributed by atoms with van der Waals surface area (Å²) < 4.78 is 29.4. The SMILES string of the molecule is O=C(NC1(c2cc(F)ccc2F)CC1)C1CCn2nccc2C1. The molecule has 1 amide bonds. The lowest BCUT2D eigenvalue weighted by Crippen LogP contribution is -2.41. The van der Waals surface area contributed by atoms with Gasteiger partial charge in [-0.15, -0.1) is 0 Å². The minimum Gasteiger partial charge on any atom is -0.346 e. The van der Waals surface area contributed by atoms with Crippen molar-refractivity contribution in [2.75, 3.05) is 0 Å². The second-order valence-corrected chi connectivity index (χ2v) is 6.43. The second kappa shape index (κ2) is 5.15. The number of carbonyl (C=O) groups is 1. The van der Waals surface area contributed by atoms with Crippen molar-refractivity contribution in [3.63, 3.8) is 0 Å². The molecule has 2 aliphatic rings. The van der Waals surface area contributed by atoms with Crippen LogP contribution in [0.25, 0.3) is 0 Å². The van der Waals surface area contributed by atoms with Gasteiger partial charge in [-0.3, -0.25) is 9.48 Å². The maximum absolute atomic E-state index is 14.0. The number of benzene rings is 1. The summed E-state index contributed by atoms with van der Waals surface area (Å²) in [6, 6.07) is 5.33. The Kier molecular flexibility index (Phi) is 3.21. The molecule has 1 saturated carbocycles. The number of aryl methyl sites for hydroxylation is 1. The van der Waals surface area contributed by atoms with E-state index in [1.54, 1.807) is 6.20 Å². The summed E-state index contributed by atoms with van der Waals surface area (Å²) in [6.45, 7) is 0.710. The average molecular weight is 317 g/mol. The van der Waals surface area contributed by atoms with Crippen molar-refractivity contribution in [1.29, 1.82) is 0 Å². The molecule has 0 radical (unpaired) electrons. The van der Waals surface area contributed by atoms with Crippen LogP contribution < -0.4 is 5.32 Å². The second-order valence-electron chi connectivity index (χ2n) is 6.43. The standard InChI is InChI=1S/C17H17F2N3O/c18-12-1-2-15(19)14(10-12)17(5-6-17)21-16(23)11-4-8-22-13(9-11)3-7-20-22/h1-3,7,10-11H,4-6,8-9H2,(H,21,23). The average Bonchev–Trinajstić information content (AvgIpc) is 3.16. The predicted octanol–water partition coefficient (Wildman–Crippen LogP) is 2.53. The highest BCUT2D eigenvalue weighted by Crippen LogP contribution is 2.47. The third-order valence-electron chi connectivity index (χ3n) is 4.88. The topological polar surface area (TPSA) is 46.9 Å². The van der Waals surface area contributed by atoms with Gasteiger partial charge in [-0.25, -0.2) is 8.78 Å². The van der Waals surface area contributed by atoms with Crippen LogP contribution in [0.5, 0.6) is 0 Å². The van der Waals surface area contributed by atoms with E-state index in [4.69, 9.17) is 0 Å². The molecular weight excluding hydrogens is 300 g/mol. The summed E-state index contributed by atoms with van der Waals surface area (Å²) in [5, 5.41) is 7.17. The fourth-order valence-corrected chi connectivity index (χ4v) is 3.38. The molecule has 2 heterocycles. The van der Waals surface area contributed by atoms with Crippen LogP contribution in [0.2, 0.25) is 0 Å². The molecule has 6 heteroatoms. The van der Waals surface area contributed by atoms with E-state index in [1.165, 1.54) is 6.07 Å². The van der Waals surface area contributed by atoms with Crippen molar-refractivity contribution in [3.8, 4) is 0 Å². The number of hydrogen-bond acceptors (Lipinski definition) is 2. The Labute approximate surface area is 132 Å². The quantitative estimate of drug-likeness (QED) is 0.945. The molecule has 4 nitrogen and oxygen atoms in total. The number of amides is 1. The minimum absolute atomic E-state index is 0.0846. The molecule has 1 aliphatic carbocycles. The van der Waals surface area contributed by atoms with Crippen LogP contribution >= 0.6 is 0 Å². The Hall–Kier alpha value is -2.24. The largest absolute Gasteiger partial charge is 0.346 e. The Balaban J connectivity index is 1.52. The lowest BCUT2D eigenvalue weighted by molar-refractivity contribution is -0.126. The zero-order chi connectivity index (χ0) is 16.0. The van der Waals surface area contributed by atoms with E-state index in [-0.39, 0.29) is 17.4 Å². The number of fused-ring (bicyclic) bond motifs is 1. The molecule has 1 aliphatic heterocycles. The van der Waals surface area contributed by atoms with E-state index in [2.05, 4.69) is 10.4 Å². The molecule has 2 aromatic rings. The fourth-order valence-electron chi connectivity index (χ4n) is 3.38. The Morgan fingerprint density at radius 3 is 2.91 bits per heavy atom. The fraction of sp³-hybridized carbons (Fsp3) is 0.412. The van der Waals surface area contributed by atoms with Crippen molar-refractivity contribution in [1.82, 2.24) is 15.1 Å². The van der Waals surface area contributed by atoms with Gasteiger partial charge in [-0.05, 0) is 43.5 Å². The highest BCUT2D eigenvalue weighted by atomic mass is 19.1. The third kappa shape index (κ3) is 2.52. The molecule has 1 fully saturated rings. The normalized spacial score (nSPS) is 21.6. The van der Waals surface area contributed by atoms with Crippen molar-refractivity contribution in [2.24, 2.45) is 5.92 Å². The smallest absolute Gasteiger partial charge is 0.224 e. The van der Waals surface area contributed by atoms with Gasteiger partial charge in [0.25, 0.3) is 0 Å². The lowest BCUT2D eigenvalue weighted by Gasteiger charge is -2.26. The summed E-state index contributed by atoms with van der Waals surface area (Å²) in [7, 11) is 0. The number of halogens is 2. The van der Waals surface area contributed by atoms with Crippen molar-refractivity contribution >= 4 is 5.91 Å². The highest BCUT2D eigenvalue weighted by Gasteiger charge is 2.48. The number of carbonyl (C=O) groups excluding carboxylic acids is 1. The number of nitrogens with one attached hydrogen (secondary N) is 1. The van der Waals surface area contributed by atoms with Crippen LogP contribution in [0, 0.1) is 17.6 Å². The van der Waals surface area contributed by atoms with E-state index in [0.717, 1.165) is 17.8 Å². The van der Waals surface area contributed by atoms with Crippen LogP contribution in [0.4, 0.5) is 8.78 Å². The molecular formula is C17H17F2N3O. The molecule has 23 heavy (non-hydrogen) atoms. The molecule has 0 saturated heterocycles. The molecule has 1 aromatic heterocycles. The zero-order valence-corrected chi connectivity index (χ0v) is 12.6. The molecule has 0 bridgehead atoms. The third-order valence-corrected chi connectivity index (χ3v) is 4.88. The maximum atomic E-state index is 14.0. The molecule has 0 spiro atoms. The minimum atomic E-state index is -0.735. The van der Waals surface area contributed by atoms with Crippen LogP contribution in [-0.4, -0.2) is 15.7 Å². The first-order valence-electron chi connectivity index (χ1n) is 7.86. The maximum Gasteiger partial charge on any atom is 0.224 e. The number of nitrogens with zero attached hydrogens (tertiary/aromatic N) is 2. The van der Waals surface area contributed by atoms with Crippen LogP contribution in [0.3, 0.4) is 0 Å². The van der Waals surface area contributed by atoms with Gasteiger partial charge in [0, 0.05) is 36.3 Å². The number of hydrogen-bond donors (Lipinski definition) is 1. The van der Waals surface area contributed by atoms with Gasteiger partial charge < -0.3 is 5.32 Å². The van der Waals surface area contributed by atoms with Crippen LogP contribution in [0.1, 0.15) is 30.5 Å². The van der Waals surface area contributed by atoms with Crippen LogP contribution in [0.15, 0.2) is 30.5 Å². The van der Waals surface area contributed by atoms with E-state index in [1.807, 2.05) is 10.7 Å². The van der Waals surface area contributed by atoms with Gasteiger partial charge in [0.15, 0.2) is 0 Å². The monoisotopic (exact) mass is 317 g/mol. The molecule has 1 unspecified atom stereocenters. The first-order valence-corrected chi connectivity index (χ1v) is 7.86. The summed E-state index contributed by atoms with van der Waals surface area (Å²) in [5.74, 6) is -1.18. The molecule has 1 aromatic carbocycles.